The third kappa shape index (κ3) is 5.21. The van der Waals surface area contributed by atoms with Crippen molar-refractivity contribution in [2.75, 3.05) is 11.9 Å². The summed E-state index contributed by atoms with van der Waals surface area (Å²) in [6.07, 6.45) is -0.0328. The van der Waals surface area contributed by atoms with Crippen LogP contribution in [0.4, 0.5) is 5.69 Å². The zero-order valence-electron chi connectivity index (χ0n) is 11.9. The summed E-state index contributed by atoms with van der Waals surface area (Å²) in [7, 11) is -3.62. The molecule has 0 aliphatic rings. The number of hydrogen-bond acceptors (Lipinski definition) is 3. The Morgan fingerprint density at radius 3 is 2.43 bits per heavy atom. The molecule has 0 spiro atoms. The molecule has 0 saturated heterocycles. The SMILES string of the molecule is O=C(CCNS(=O)(=O)c1ccccc1)Nc1cc(Cl)ccc1Cl. The number of benzene rings is 2. The fraction of sp³-hybridized carbons (Fsp3) is 0.133. The molecular formula is C15H14Cl2N2O3S. The number of carbonyl (C=O) groups excluding carboxylic acids is 1. The molecule has 0 fully saturated rings. The molecule has 0 aliphatic carbocycles. The Morgan fingerprint density at radius 2 is 1.74 bits per heavy atom. The summed E-state index contributed by atoms with van der Waals surface area (Å²) in [4.78, 5) is 12.0. The number of amides is 1. The first-order valence-electron chi connectivity index (χ1n) is 6.68. The lowest BCUT2D eigenvalue weighted by atomic mass is 10.3. The van der Waals surface area contributed by atoms with Crippen LogP contribution >= 0.6 is 23.2 Å². The number of nitrogens with one attached hydrogen (secondary N) is 2. The number of rotatable bonds is 6. The van der Waals surface area contributed by atoms with E-state index in [9.17, 15) is 13.2 Å². The Bertz CT molecular complexity index is 796. The Labute approximate surface area is 144 Å². The summed E-state index contributed by atoms with van der Waals surface area (Å²) in [5.41, 5.74) is 0.384. The van der Waals surface area contributed by atoms with Crippen LogP contribution < -0.4 is 10.0 Å². The first-order chi connectivity index (χ1) is 10.9. The fourth-order valence-corrected chi connectivity index (χ4v) is 3.18. The number of anilines is 1. The highest BCUT2D eigenvalue weighted by Gasteiger charge is 2.13. The minimum atomic E-state index is -3.62. The lowest BCUT2D eigenvalue weighted by molar-refractivity contribution is -0.116. The Hall–Kier alpha value is -1.60. The average molecular weight is 373 g/mol. The molecule has 8 heteroatoms. The predicted molar refractivity (Wildman–Crippen MR) is 91.3 cm³/mol. The number of halogens is 2. The predicted octanol–water partition coefficient (Wildman–Crippen LogP) is 3.30. The summed E-state index contributed by atoms with van der Waals surface area (Å²) < 4.78 is 26.3. The van der Waals surface area contributed by atoms with Crippen LogP contribution in [0.3, 0.4) is 0 Å². The summed E-state index contributed by atoms with van der Waals surface area (Å²) in [5, 5.41) is 3.38. The monoisotopic (exact) mass is 372 g/mol. The molecule has 23 heavy (non-hydrogen) atoms. The molecule has 0 atom stereocenters. The van der Waals surface area contributed by atoms with Gasteiger partial charge in [0.25, 0.3) is 0 Å². The van der Waals surface area contributed by atoms with Gasteiger partial charge < -0.3 is 5.32 Å². The van der Waals surface area contributed by atoms with E-state index in [2.05, 4.69) is 10.0 Å². The van der Waals surface area contributed by atoms with Gasteiger partial charge in [0.05, 0.1) is 15.6 Å². The maximum Gasteiger partial charge on any atom is 0.240 e. The summed E-state index contributed by atoms with van der Waals surface area (Å²) in [6.45, 7) is -0.0265. The molecule has 0 radical (unpaired) electrons. The molecule has 5 nitrogen and oxygen atoms in total. The van der Waals surface area contributed by atoms with Gasteiger partial charge in [-0.3, -0.25) is 4.79 Å². The van der Waals surface area contributed by atoms with Crippen LogP contribution in [0.5, 0.6) is 0 Å². The zero-order chi connectivity index (χ0) is 16.9. The van der Waals surface area contributed by atoms with E-state index >= 15 is 0 Å². The minimum Gasteiger partial charge on any atom is -0.325 e. The van der Waals surface area contributed by atoms with Crippen LogP contribution in [0.1, 0.15) is 6.42 Å². The van der Waals surface area contributed by atoms with Crippen LogP contribution in [0.25, 0.3) is 0 Å². The second-order valence-electron chi connectivity index (χ2n) is 4.63. The molecule has 0 saturated carbocycles. The first kappa shape index (κ1) is 17.7. The molecule has 122 valence electrons. The van der Waals surface area contributed by atoms with E-state index in [1.807, 2.05) is 0 Å². The summed E-state index contributed by atoms with van der Waals surface area (Å²) >= 11 is 11.8. The Morgan fingerprint density at radius 1 is 1.04 bits per heavy atom. The van der Waals surface area contributed by atoms with Crippen LogP contribution in [0.2, 0.25) is 10.0 Å². The second-order valence-corrected chi connectivity index (χ2v) is 7.24. The fourth-order valence-electron chi connectivity index (χ4n) is 1.79. The van der Waals surface area contributed by atoms with Gasteiger partial charge in [-0.25, -0.2) is 13.1 Å². The quantitative estimate of drug-likeness (QED) is 0.816. The molecule has 1 amide bonds. The van der Waals surface area contributed by atoms with E-state index in [4.69, 9.17) is 23.2 Å². The number of hydrogen-bond donors (Lipinski definition) is 2. The van der Waals surface area contributed by atoms with Gasteiger partial charge in [-0.1, -0.05) is 41.4 Å². The standard InChI is InChI=1S/C15H14Cl2N2O3S/c16-11-6-7-13(17)14(10-11)19-15(20)8-9-18-23(21,22)12-4-2-1-3-5-12/h1-7,10,18H,8-9H2,(H,19,20). The van der Waals surface area contributed by atoms with Gasteiger partial charge in [0, 0.05) is 18.0 Å². The van der Waals surface area contributed by atoms with E-state index in [-0.39, 0.29) is 23.8 Å². The van der Waals surface area contributed by atoms with Gasteiger partial charge >= 0.3 is 0 Å². The third-order valence-electron chi connectivity index (χ3n) is 2.90. The van der Waals surface area contributed by atoms with Crippen molar-refractivity contribution >= 4 is 44.8 Å². The molecule has 0 aromatic heterocycles. The van der Waals surface area contributed by atoms with Crippen LogP contribution in [0.15, 0.2) is 53.4 Å². The van der Waals surface area contributed by atoms with Crippen LogP contribution in [0, 0.1) is 0 Å². The molecule has 0 unspecified atom stereocenters. The van der Waals surface area contributed by atoms with Crippen molar-refractivity contribution in [2.45, 2.75) is 11.3 Å². The van der Waals surface area contributed by atoms with Crippen molar-refractivity contribution < 1.29 is 13.2 Å². The van der Waals surface area contributed by atoms with Gasteiger partial charge in [0.15, 0.2) is 0 Å². The molecular weight excluding hydrogens is 359 g/mol. The number of sulfonamides is 1. The Kier molecular flexibility index (Phi) is 6.01. The number of carbonyl (C=O) groups is 1. The highest BCUT2D eigenvalue weighted by molar-refractivity contribution is 7.89. The van der Waals surface area contributed by atoms with Crippen molar-refractivity contribution in [1.29, 1.82) is 0 Å². The van der Waals surface area contributed by atoms with Gasteiger partial charge in [0.1, 0.15) is 0 Å². The Balaban J connectivity index is 1.89. The molecule has 2 aromatic carbocycles. The van der Waals surface area contributed by atoms with Gasteiger partial charge in [-0.2, -0.15) is 0 Å². The third-order valence-corrected chi connectivity index (χ3v) is 4.94. The van der Waals surface area contributed by atoms with E-state index in [0.29, 0.717) is 15.7 Å². The van der Waals surface area contributed by atoms with Crippen molar-refractivity contribution in [3.8, 4) is 0 Å². The molecule has 0 aliphatic heterocycles. The summed E-state index contributed by atoms with van der Waals surface area (Å²) in [6, 6.07) is 12.6. The van der Waals surface area contributed by atoms with Gasteiger partial charge in [-0.15, -0.1) is 0 Å². The molecule has 0 heterocycles. The van der Waals surface area contributed by atoms with Gasteiger partial charge in [-0.05, 0) is 30.3 Å². The van der Waals surface area contributed by atoms with Crippen LogP contribution in [-0.4, -0.2) is 20.9 Å². The average Bonchev–Trinajstić information content (AvgIpc) is 2.51. The summed E-state index contributed by atoms with van der Waals surface area (Å²) in [5.74, 6) is -0.370. The largest absolute Gasteiger partial charge is 0.325 e. The second kappa shape index (κ2) is 7.79. The van der Waals surface area contributed by atoms with E-state index in [1.165, 1.54) is 18.2 Å². The van der Waals surface area contributed by atoms with Crippen molar-refractivity contribution in [2.24, 2.45) is 0 Å². The minimum absolute atomic E-state index is 0.0265. The molecule has 0 bridgehead atoms. The molecule has 2 N–H and O–H groups in total. The van der Waals surface area contributed by atoms with E-state index in [0.717, 1.165) is 0 Å². The maximum absolute atomic E-state index is 12.0. The zero-order valence-corrected chi connectivity index (χ0v) is 14.3. The van der Waals surface area contributed by atoms with E-state index in [1.54, 1.807) is 30.3 Å². The van der Waals surface area contributed by atoms with Crippen molar-refractivity contribution in [3.63, 3.8) is 0 Å². The first-order valence-corrected chi connectivity index (χ1v) is 8.92. The van der Waals surface area contributed by atoms with Crippen molar-refractivity contribution in [1.82, 2.24) is 4.72 Å². The van der Waals surface area contributed by atoms with E-state index < -0.39 is 10.0 Å². The highest BCUT2D eigenvalue weighted by atomic mass is 35.5. The topological polar surface area (TPSA) is 75.3 Å². The van der Waals surface area contributed by atoms with Crippen molar-refractivity contribution in [3.05, 3.63) is 58.6 Å². The normalized spacial score (nSPS) is 11.2. The molecule has 2 aromatic rings. The lowest BCUT2D eigenvalue weighted by Gasteiger charge is -2.09. The van der Waals surface area contributed by atoms with Gasteiger partial charge in [0.2, 0.25) is 15.9 Å². The molecule has 2 rings (SSSR count). The maximum atomic E-state index is 12.0. The van der Waals surface area contributed by atoms with Crippen LogP contribution in [-0.2, 0) is 14.8 Å². The smallest absolute Gasteiger partial charge is 0.240 e. The highest BCUT2D eigenvalue weighted by Crippen LogP contribution is 2.25. The lowest BCUT2D eigenvalue weighted by Crippen LogP contribution is -2.27.